The molecule has 3 heterocycles. The van der Waals surface area contributed by atoms with Crippen molar-refractivity contribution in [3.05, 3.63) is 62.9 Å². The molecule has 0 saturated carbocycles. The molecule has 128 valence electrons. The lowest BCUT2D eigenvalue weighted by molar-refractivity contribution is -0.139. The summed E-state index contributed by atoms with van der Waals surface area (Å²) in [6, 6.07) is 4.04. The molecule has 0 saturated heterocycles. The van der Waals surface area contributed by atoms with Crippen LogP contribution in [-0.4, -0.2) is 15.9 Å². The molecular weight excluding hydrogens is 356 g/mol. The molecule has 3 rings (SSSR count). The van der Waals surface area contributed by atoms with Gasteiger partial charge in [-0.15, -0.1) is 22.7 Å². The van der Waals surface area contributed by atoms with Crippen molar-refractivity contribution >= 4 is 38.9 Å². The number of nitrogens with one attached hydrogen (secondary N) is 1. The van der Waals surface area contributed by atoms with Gasteiger partial charge in [0.15, 0.2) is 0 Å². The van der Waals surface area contributed by atoms with Crippen LogP contribution in [0.1, 0.15) is 17.6 Å². The molecule has 0 fully saturated rings. The van der Waals surface area contributed by atoms with Gasteiger partial charge in [-0.3, -0.25) is 4.79 Å². The van der Waals surface area contributed by atoms with E-state index in [1.54, 1.807) is 29.6 Å². The molecule has 0 aliphatic heterocycles. The highest BCUT2D eigenvalue weighted by Gasteiger charge is 2.14. The molecule has 5 nitrogen and oxygen atoms in total. The topological polar surface area (TPSA) is 72.0 Å². The summed E-state index contributed by atoms with van der Waals surface area (Å²) >= 11 is 3.05. The van der Waals surface area contributed by atoms with Gasteiger partial charge in [0.1, 0.15) is 17.3 Å². The fourth-order valence-electron chi connectivity index (χ4n) is 2.26. The molecule has 0 unspecified atom stereocenters. The SMILES string of the molecule is C/C=C/C=C/C(=O)OCc1nc2scc(-c3ccc(C)s3)c2c(=O)[nH]1. The number of carbonyl (C=O) groups is 1. The number of thiophene rings is 2. The monoisotopic (exact) mass is 372 g/mol. The third-order valence-electron chi connectivity index (χ3n) is 3.39. The average molecular weight is 372 g/mol. The summed E-state index contributed by atoms with van der Waals surface area (Å²) in [5.74, 6) is -0.150. The van der Waals surface area contributed by atoms with Gasteiger partial charge in [-0.1, -0.05) is 18.2 Å². The first-order valence-corrected chi connectivity index (χ1v) is 9.31. The van der Waals surface area contributed by atoms with Crippen LogP contribution in [0.2, 0.25) is 0 Å². The van der Waals surface area contributed by atoms with Gasteiger partial charge in [-0.2, -0.15) is 0 Å². The van der Waals surface area contributed by atoms with Crippen molar-refractivity contribution in [3.63, 3.8) is 0 Å². The van der Waals surface area contributed by atoms with Crippen LogP contribution >= 0.6 is 22.7 Å². The second kappa shape index (κ2) is 7.58. The Morgan fingerprint density at radius 3 is 2.92 bits per heavy atom. The van der Waals surface area contributed by atoms with Crippen molar-refractivity contribution in [2.24, 2.45) is 0 Å². The molecule has 0 radical (unpaired) electrons. The zero-order valence-corrected chi connectivity index (χ0v) is 15.4. The van der Waals surface area contributed by atoms with Gasteiger partial charge in [0.2, 0.25) is 0 Å². The van der Waals surface area contributed by atoms with Gasteiger partial charge in [-0.05, 0) is 26.0 Å². The number of hydrogen-bond acceptors (Lipinski definition) is 6. The van der Waals surface area contributed by atoms with Crippen molar-refractivity contribution in [2.75, 3.05) is 0 Å². The van der Waals surface area contributed by atoms with Crippen LogP contribution in [0.3, 0.4) is 0 Å². The predicted octanol–water partition coefficient (Wildman–Crippen LogP) is 4.20. The van der Waals surface area contributed by atoms with Crippen molar-refractivity contribution in [3.8, 4) is 10.4 Å². The summed E-state index contributed by atoms with van der Waals surface area (Å²) in [6.07, 6.45) is 6.45. The lowest BCUT2D eigenvalue weighted by Crippen LogP contribution is -2.13. The third kappa shape index (κ3) is 3.94. The molecule has 7 heteroatoms. The number of aryl methyl sites for hydroxylation is 1. The van der Waals surface area contributed by atoms with E-state index in [4.69, 9.17) is 4.74 Å². The van der Waals surface area contributed by atoms with Crippen LogP contribution in [0.15, 0.2) is 46.6 Å². The van der Waals surface area contributed by atoms with E-state index in [-0.39, 0.29) is 12.2 Å². The maximum absolute atomic E-state index is 12.5. The second-order valence-corrected chi connectivity index (χ2v) is 7.39. The van der Waals surface area contributed by atoms with Crippen LogP contribution in [0, 0.1) is 6.92 Å². The fourth-order valence-corrected chi connectivity index (χ4v) is 4.18. The Kier molecular flexibility index (Phi) is 5.25. The number of aromatic amines is 1. The quantitative estimate of drug-likeness (QED) is 0.414. The average Bonchev–Trinajstić information content (AvgIpc) is 3.19. The normalized spacial score (nSPS) is 11.8. The van der Waals surface area contributed by atoms with Gasteiger partial charge in [-0.25, -0.2) is 9.78 Å². The van der Waals surface area contributed by atoms with E-state index in [1.165, 1.54) is 22.3 Å². The smallest absolute Gasteiger partial charge is 0.331 e. The number of H-pyrrole nitrogens is 1. The Morgan fingerprint density at radius 1 is 1.36 bits per heavy atom. The third-order valence-corrected chi connectivity index (χ3v) is 5.29. The molecule has 0 aromatic carbocycles. The molecule has 0 aliphatic carbocycles. The van der Waals surface area contributed by atoms with E-state index >= 15 is 0 Å². The zero-order chi connectivity index (χ0) is 17.8. The minimum Gasteiger partial charge on any atom is -0.454 e. The number of hydrogen-bond donors (Lipinski definition) is 1. The molecule has 0 aliphatic rings. The summed E-state index contributed by atoms with van der Waals surface area (Å²) in [5.41, 5.74) is 0.674. The number of allylic oxidation sites excluding steroid dienone is 3. The zero-order valence-electron chi connectivity index (χ0n) is 13.7. The number of nitrogens with zero attached hydrogens (tertiary/aromatic N) is 1. The van der Waals surface area contributed by atoms with E-state index in [0.717, 1.165) is 10.4 Å². The number of esters is 1. The van der Waals surface area contributed by atoms with Gasteiger partial charge < -0.3 is 9.72 Å². The number of rotatable bonds is 5. The van der Waals surface area contributed by atoms with Crippen LogP contribution < -0.4 is 5.56 Å². The number of fused-ring (bicyclic) bond motifs is 1. The highest BCUT2D eigenvalue weighted by atomic mass is 32.1. The maximum Gasteiger partial charge on any atom is 0.331 e. The van der Waals surface area contributed by atoms with Gasteiger partial charge >= 0.3 is 5.97 Å². The first-order valence-electron chi connectivity index (χ1n) is 7.62. The Labute approximate surface area is 152 Å². The summed E-state index contributed by atoms with van der Waals surface area (Å²) in [4.78, 5) is 34.0. The molecule has 3 aromatic heterocycles. The molecule has 1 N–H and O–H groups in total. The van der Waals surface area contributed by atoms with Gasteiger partial charge in [0.05, 0.1) is 5.39 Å². The Morgan fingerprint density at radius 2 is 2.20 bits per heavy atom. The molecule has 0 bridgehead atoms. The molecule has 25 heavy (non-hydrogen) atoms. The van der Waals surface area contributed by atoms with Crippen LogP contribution in [0.4, 0.5) is 0 Å². The molecule has 3 aromatic rings. The number of aromatic nitrogens is 2. The minimum atomic E-state index is -0.484. The summed E-state index contributed by atoms with van der Waals surface area (Å²) < 4.78 is 5.09. The maximum atomic E-state index is 12.5. The summed E-state index contributed by atoms with van der Waals surface area (Å²) in [7, 11) is 0. The van der Waals surface area contributed by atoms with Gasteiger partial charge in [0.25, 0.3) is 5.56 Å². The van der Waals surface area contributed by atoms with E-state index in [0.29, 0.717) is 16.0 Å². The second-order valence-electron chi connectivity index (χ2n) is 5.25. The lowest BCUT2D eigenvalue weighted by atomic mass is 10.2. The van der Waals surface area contributed by atoms with Crippen LogP contribution in [0.5, 0.6) is 0 Å². The summed E-state index contributed by atoms with van der Waals surface area (Å²) in [6.45, 7) is 3.81. The Bertz CT molecular complexity index is 1020. The Hall–Kier alpha value is -2.51. The first kappa shape index (κ1) is 17.3. The highest BCUT2D eigenvalue weighted by Crippen LogP contribution is 2.34. The van der Waals surface area contributed by atoms with Crippen molar-refractivity contribution in [1.82, 2.24) is 9.97 Å². The highest BCUT2D eigenvalue weighted by molar-refractivity contribution is 7.19. The van der Waals surface area contributed by atoms with Gasteiger partial charge in [0, 0.05) is 26.8 Å². The lowest BCUT2D eigenvalue weighted by Gasteiger charge is -2.02. The van der Waals surface area contributed by atoms with Crippen LogP contribution in [0.25, 0.3) is 20.7 Å². The van der Waals surface area contributed by atoms with E-state index in [2.05, 4.69) is 9.97 Å². The molecular formula is C18H16N2O3S2. The molecule has 0 amide bonds. The van der Waals surface area contributed by atoms with Crippen molar-refractivity contribution < 1.29 is 9.53 Å². The largest absolute Gasteiger partial charge is 0.454 e. The molecule has 0 spiro atoms. The minimum absolute atomic E-state index is 0.0739. The van der Waals surface area contributed by atoms with E-state index in [9.17, 15) is 9.59 Å². The standard InChI is InChI=1S/C18H16N2O3S2/c1-3-4-5-6-15(21)23-9-14-19-17(22)16-12(10-24-18(16)20-14)13-8-7-11(2)25-13/h3-8,10H,9H2,1-2H3,(H,19,20,22)/b4-3+,6-5+. The number of ether oxygens (including phenoxy) is 1. The number of carbonyl (C=O) groups excluding carboxylic acids is 1. The Balaban J connectivity index is 1.83. The molecule has 0 atom stereocenters. The van der Waals surface area contributed by atoms with Crippen molar-refractivity contribution in [1.29, 1.82) is 0 Å². The first-order chi connectivity index (χ1) is 12.1. The van der Waals surface area contributed by atoms with Crippen molar-refractivity contribution in [2.45, 2.75) is 20.5 Å². The van der Waals surface area contributed by atoms with E-state index in [1.807, 2.05) is 31.4 Å². The summed E-state index contributed by atoms with van der Waals surface area (Å²) in [5, 5.41) is 2.52. The fraction of sp³-hybridized carbons (Fsp3) is 0.167. The van der Waals surface area contributed by atoms with Crippen LogP contribution in [-0.2, 0) is 16.1 Å². The predicted molar refractivity (Wildman–Crippen MR) is 102 cm³/mol. The van der Waals surface area contributed by atoms with E-state index < -0.39 is 5.97 Å².